The van der Waals surface area contributed by atoms with E-state index in [2.05, 4.69) is 47.6 Å². The normalized spacial score (nSPS) is 14.6. The first-order valence-electron chi connectivity index (χ1n) is 41.9. The van der Waals surface area contributed by atoms with Crippen molar-refractivity contribution in [2.45, 2.75) is 159 Å². The molecule has 4 aliphatic rings. The van der Waals surface area contributed by atoms with E-state index in [1.54, 1.807) is 62.2 Å². The lowest BCUT2D eigenvalue weighted by molar-refractivity contribution is -0.146. The third-order valence-electron chi connectivity index (χ3n) is 23.3. The van der Waals surface area contributed by atoms with Crippen LogP contribution in [-0.2, 0) is 79.9 Å². The number of carboxylic acids is 1. The fourth-order valence-corrected chi connectivity index (χ4v) is 15.7. The molecule has 16 aromatic rings. The highest BCUT2D eigenvalue weighted by Gasteiger charge is 2.54. The number of hydrogen-bond acceptors (Lipinski definition) is 22. The van der Waals surface area contributed by atoms with E-state index in [0.717, 1.165) is 167 Å². The number of nitrogens with zero attached hydrogens (tertiary/aromatic N) is 20. The molecule has 16 heterocycles. The fraction of sp³-hybridized carbons (Fsp3) is 0.344. The van der Waals surface area contributed by atoms with E-state index in [1.807, 2.05) is 169 Å². The summed E-state index contributed by atoms with van der Waals surface area (Å²) in [5.41, 5.74) is 20.2. The highest BCUT2D eigenvalue weighted by atomic mass is 35.5. The van der Waals surface area contributed by atoms with Crippen molar-refractivity contribution in [2.75, 3.05) is 39.6 Å². The van der Waals surface area contributed by atoms with Gasteiger partial charge in [0.2, 0.25) is 0 Å². The van der Waals surface area contributed by atoms with Gasteiger partial charge in [0.05, 0.1) is 183 Å². The van der Waals surface area contributed by atoms with Gasteiger partial charge in [0.25, 0.3) is 5.91 Å². The first-order valence-corrected chi connectivity index (χ1v) is 42.7. The number of carboxylic acid groups (broad SMARTS) is 1. The summed E-state index contributed by atoms with van der Waals surface area (Å²) in [5, 5.41) is 59.3. The van der Waals surface area contributed by atoms with Gasteiger partial charge in [0.1, 0.15) is 22.6 Å². The van der Waals surface area contributed by atoms with E-state index in [4.69, 9.17) is 63.2 Å². The Bertz CT molecular complexity index is 6620. The van der Waals surface area contributed by atoms with Gasteiger partial charge in [0.15, 0.2) is 0 Å². The molecule has 0 spiro atoms. The van der Waals surface area contributed by atoms with Crippen LogP contribution in [0.1, 0.15) is 196 Å². The van der Waals surface area contributed by atoms with Crippen LogP contribution >= 0.6 is 23.2 Å². The number of pyridine rings is 6. The minimum atomic E-state index is -0.993. The molecule has 20 rings (SSSR count). The molecule has 652 valence electrons. The van der Waals surface area contributed by atoms with Crippen molar-refractivity contribution in [1.82, 2.24) is 101 Å². The van der Waals surface area contributed by atoms with Gasteiger partial charge in [-0.15, -0.1) is 0 Å². The Morgan fingerprint density at radius 3 is 1.18 bits per heavy atom. The van der Waals surface area contributed by atoms with Gasteiger partial charge in [-0.2, -0.15) is 20.4 Å². The Morgan fingerprint density at radius 1 is 0.452 bits per heavy atom. The standard InChI is InChI=1S/C24H22ClN7O2.C22H26N4O4.C20H24N4O3.C16H16N4O3.C8H8ClN3/c25-17-3-7-31-15-27-20(21(31)8-17)10-26-23(34)16-9-28-32(11-16)13-18-12-30-6-1-2-19(22(30)29-18)24(14-33)4-5-24;1-3-5-11-30-20(27)16-12-23-26(13-16)15-17-14-25-10-6-7-18(19(25)24-17)22(8-9-22)21(28)29-4-2;1-2-3-9-27-19(26)15-10-21-24(11-15)13-16-12-23-8-4-5-17(18(23)22-16)20(14-25)6-7-20;21-10-16(3-4-16)13-2-1-5-19-8-12(18-14(13)19)9-20-7-11(6-17-20)15(22)23;9-6-1-2-12-5-11-7(4-10)8(12)3-6/h1-3,6-9,11-12,15,33H,4-5,10,13-14H2,(H,26,34);6-7,10,12-14H,3-5,8-9,11,15H2,1-2H3;4-5,8,10-12,25H,2-3,6-7,9,13-14H2,1H3;1-2,5-8,21H,3-4,9-10H2,(H,22,23);1-3,5H,4,10H2. The molecule has 0 aromatic carbocycles. The molecule has 36 heteroatoms. The summed E-state index contributed by atoms with van der Waals surface area (Å²) < 4.78 is 34.0. The lowest BCUT2D eigenvalue weighted by Gasteiger charge is -2.14. The molecule has 34 nitrogen and oxygen atoms in total. The van der Waals surface area contributed by atoms with Crippen LogP contribution in [0.5, 0.6) is 0 Å². The maximum Gasteiger partial charge on any atom is 0.341 e. The molecule has 4 saturated carbocycles. The molecule has 0 aliphatic heterocycles. The number of nitrogens with one attached hydrogen (secondary N) is 1. The number of aromatic carboxylic acids is 1. The summed E-state index contributed by atoms with van der Waals surface area (Å²) in [6, 6.07) is 23.2. The second-order valence-corrected chi connectivity index (χ2v) is 33.1. The van der Waals surface area contributed by atoms with Crippen LogP contribution in [0.3, 0.4) is 0 Å². The quantitative estimate of drug-likeness (QED) is 0.0138. The number of aliphatic hydroxyl groups excluding tert-OH is 3. The monoisotopic (exact) mass is 1750 g/mol. The second-order valence-electron chi connectivity index (χ2n) is 32.2. The molecule has 0 unspecified atom stereocenters. The summed E-state index contributed by atoms with van der Waals surface area (Å²) in [4.78, 5) is 87.6. The third-order valence-corrected chi connectivity index (χ3v) is 23.8. The van der Waals surface area contributed by atoms with E-state index in [1.165, 1.54) is 24.8 Å². The van der Waals surface area contributed by atoms with Crippen LogP contribution in [0.4, 0.5) is 0 Å². The van der Waals surface area contributed by atoms with Crippen molar-refractivity contribution < 1.29 is 58.6 Å². The molecule has 16 aromatic heterocycles. The zero-order valence-electron chi connectivity index (χ0n) is 69.8. The van der Waals surface area contributed by atoms with E-state index in [0.29, 0.717) is 79.3 Å². The van der Waals surface area contributed by atoms with Crippen molar-refractivity contribution in [3.05, 3.63) is 286 Å². The van der Waals surface area contributed by atoms with Crippen molar-refractivity contribution >= 4 is 86.6 Å². The maximum absolute atomic E-state index is 12.7. The Kier molecular flexibility index (Phi) is 25.5. The predicted molar refractivity (Wildman–Crippen MR) is 464 cm³/mol. The van der Waals surface area contributed by atoms with Crippen LogP contribution < -0.4 is 11.1 Å². The van der Waals surface area contributed by atoms with Crippen LogP contribution in [0.2, 0.25) is 10.0 Å². The van der Waals surface area contributed by atoms with Gasteiger partial charge >= 0.3 is 23.9 Å². The Hall–Kier alpha value is -13.3. The highest BCUT2D eigenvalue weighted by Crippen LogP contribution is 2.52. The number of imidazole rings is 6. The lowest BCUT2D eigenvalue weighted by Crippen LogP contribution is -2.24. The topological polar surface area (TPSA) is 407 Å². The molecule has 0 bridgehead atoms. The number of carbonyl (C=O) groups is 5. The zero-order chi connectivity index (χ0) is 87.9. The van der Waals surface area contributed by atoms with Gasteiger partial charge in [-0.3, -0.25) is 28.3 Å². The number of halogens is 2. The van der Waals surface area contributed by atoms with E-state index < -0.39 is 11.4 Å². The lowest BCUT2D eigenvalue weighted by atomic mass is 9.97. The first-order chi connectivity index (χ1) is 61.2. The van der Waals surface area contributed by atoms with E-state index in [-0.39, 0.29) is 72.0 Å². The number of esters is 3. The first kappa shape index (κ1) is 86.3. The van der Waals surface area contributed by atoms with Gasteiger partial charge in [-0.05, 0) is 120 Å². The molecule has 4 fully saturated rings. The van der Waals surface area contributed by atoms with Crippen LogP contribution in [0.25, 0.3) is 33.6 Å². The maximum atomic E-state index is 12.7. The molecule has 4 aliphatic carbocycles. The van der Waals surface area contributed by atoms with Gasteiger partial charge in [-0.25, -0.2) is 44.3 Å². The molecule has 1 amide bonds. The average molecular weight is 1750 g/mol. The van der Waals surface area contributed by atoms with Gasteiger partial charge in [-0.1, -0.05) is 74.2 Å². The van der Waals surface area contributed by atoms with E-state index in [9.17, 15) is 39.3 Å². The van der Waals surface area contributed by atoms with Crippen molar-refractivity contribution in [2.24, 2.45) is 5.73 Å². The average Bonchev–Trinajstić information content (AvgIpc) is 1.58. The number of rotatable bonds is 30. The molecule has 0 saturated heterocycles. The summed E-state index contributed by atoms with van der Waals surface area (Å²) in [6.45, 7) is 9.99. The van der Waals surface area contributed by atoms with Crippen molar-refractivity contribution in [3.8, 4) is 0 Å². The van der Waals surface area contributed by atoms with E-state index >= 15 is 0 Å². The Balaban J connectivity index is 0.000000119. The number of hydrogen-bond donors (Lipinski definition) is 6. The number of aromatic nitrogens is 20. The predicted octanol–water partition coefficient (Wildman–Crippen LogP) is 11.3. The summed E-state index contributed by atoms with van der Waals surface area (Å²) in [7, 11) is 0. The Labute approximate surface area is 731 Å². The SMILES string of the molecule is CCCCOC(=O)c1cnn(Cc2cn3cccc(C4(C(=O)OCC)CC4)c3n2)c1.CCCCOC(=O)c1cnn(Cc2cn3cccc(C4(CO)CC4)c3n2)c1.NCc1ncn2ccc(Cl)cc12.O=C(NCc1ncn2ccc(Cl)cc12)c1cnn(Cc2cn3cccc(C4(CO)CC4)c3n2)c1.O=C(O)c1cnn(Cc2cn3cccc(C4(CO)CC4)c3n2)c1. The number of aliphatic hydroxyl groups is 3. The minimum Gasteiger partial charge on any atom is -0.478 e. The third kappa shape index (κ3) is 18.9. The largest absolute Gasteiger partial charge is 0.478 e. The summed E-state index contributed by atoms with van der Waals surface area (Å²) >= 11 is 11.9. The molecule has 0 atom stereocenters. The molecule has 126 heavy (non-hydrogen) atoms. The number of amides is 1. The smallest absolute Gasteiger partial charge is 0.341 e. The summed E-state index contributed by atoms with van der Waals surface area (Å²) in [5.74, 6) is -2.11. The summed E-state index contributed by atoms with van der Waals surface area (Å²) in [6.07, 6.45) is 46.2. The second kappa shape index (κ2) is 37.3. The van der Waals surface area contributed by atoms with Gasteiger partial charge < -0.3 is 72.1 Å². The molecular weight excluding hydrogens is 1650 g/mol. The number of ether oxygens (including phenoxy) is 3. The number of nitrogens with two attached hydrogens (primary N) is 1. The highest BCUT2D eigenvalue weighted by molar-refractivity contribution is 6.31. The van der Waals surface area contributed by atoms with Gasteiger partial charge in [0, 0.05) is 142 Å². The van der Waals surface area contributed by atoms with Crippen LogP contribution in [-0.4, -0.2) is 185 Å². The molecule has 0 radical (unpaired) electrons. The molecular formula is C90H96Cl2N22O12. The van der Waals surface area contributed by atoms with Crippen LogP contribution in [0, 0.1) is 0 Å². The van der Waals surface area contributed by atoms with Crippen molar-refractivity contribution in [1.29, 1.82) is 0 Å². The van der Waals surface area contributed by atoms with Crippen LogP contribution in [0.15, 0.2) is 197 Å². The zero-order valence-corrected chi connectivity index (χ0v) is 71.3. The Morgan fingerprint density at radius 2 is 0.817 bits per heavy atom. The number of unbranched alkanes of at least 4 members (excludes halogenated alkanes) is 2. The number of fused-ring (bicyclic) bond motifs is 6. The van der Waals surface area contributed by atoms with Crippen molar-refractivity contribution in [3.63, 3.8) is 0 Å². The number of carbonyl (C=O) groups excluding carboxylic acids is 4. The minimum absolute atomic E-state index is 0.133. The fourth-order valence-electron chi connectivity index (χ4n) is 15.4. The molecule has 7 N–H and O–H groups in total.